The fourth-order valence-corrected chi connectivity index (χ4v) is 4.34. The number of nitrogens with one attached hydrogen (secondary N) is 2. The maximum Gasteiger partial charge on any atom is 0.407 e. The molecule has 182 valence electrons. The van der Waals surface area contributed by atoms with Crippen molar-refractivity contribution in [1.29, 1.82) is 0 Å². The first kappa shape index (κ1) is 25.3. The lowest BCUT2D eigenvalue weighted by molar-refractivity contribution is -0.138. The number of carbonyl (C=O) groups excluding carboxylic acids is 2. The first-order valence-electron chi connectivity index (χ1n) is 11.8. The predicted molar refractivity (Wildman–Crippen MR) is 130 cm³/mol. The van der Waals surface area contributed by atoms with Crippen molar-refractivity contribution in [3.05, 3.63) is 59.7 Å². The number of hydrogen-bond donors (Lipinski definition) is 3. The van der Waals surface area contributed by atoms with Gasteiger partial charge in [-0.25, -0.2) is 4.79 Å². The number of ether oxygens (including phenoxy) is 1. The van der Waals surface area contributed by atoms with Gasteiger partial charge in [-0.2, -0.15) is 0 Å². The summed E-state index contributed by atoms with van der Waals surface area (Å²) in [6.07, 6.45) is -0.570. The SMILES string of the molecule is CC(C)C(CNC(=O)C(C)C(C)NC(=O)OCC1c2ccccc2-c2ccccc21)CC(=O)O. The Morgan fingerprint density at radius 2 is 1.50 bits per heavy atom. The molecule has 3 N–H and O–H groups in total. The fraction of sp³-hybridized carbons (Fsp3) is 0.444. The smallest absolute Gasteiger partial charge is 0.407 e. The van der Waals surface area contributed by atoms with E-state index in [0.29, 0.717) is 0 Å². The Kier molecular flexibility index (Phi) is 8.31. The highest BCUT2D eigenvalue weighted by Gasteiger charge is 2.30. The summed E-state index contributed by atoms with van der Waals surface area (Å²) >= 11 is 0. The normalized spacial score (nSPS) is 15.1. The minimum Gasteiger partial charge on any atom is -0.481 e. The quantitative estimate of drug-likeness (QED) is 0.481. The summed E-state index contributed by atoms with van der Waals surface area (Å²) in [6, 6.07) is 15.8. The van der Waals surface area contributed by atoms with Gasteiger partial charge in [0.1, 0.15) is 6.61 Å². The van der Waals surface area contributed by atoms with Gasteiger partial charge in [-0.15, -0.1) is 0 Å². The zero-order valence-corrected chi connectivity index (χ0v) is 20.2. The summed E-state index contributed by atoms with van der Waals surface area (Å²) in [7, 11) is 0. The molecule has 0 aromatic heterocycles. The third-order valence-electron chi connectivity index (χ3n) is 6.77. The molecule has 2 aromatic rings. The lowest BCUT2D eigenvalue weighted by Crippen LogP contribution is -2.45. The number of carboxylic acid groups (broad SMARTS) is 1. The van der Waals surface area contributed by atoms with Crippen molar-refractivity contribution in [2.24, 2.45) is 17.8 Å². The van der Waals surface area contributed by atoms with Crippen LogP contribution in [-0.4, -0.2) is 42.3 Å². The van der Waals surface area contributed by atoms with Crippen molar-refractivity contribution in [2.45, 2.75) is 46.1 Å². The molecule has 7 nitrogen and oxygen atoms in total. The summed E-state index contributed by atoms with van der Waals surface area (Å²) in [4.78, 5) is 36.1. The van der Waals surface area contributed by atoms with Crippen LogP contribution in [0.1, 0.15) is 51.2 Å². The number of rotatable bonds is 10. The molecule has 2 amide bonds. The minimum atomic E-state index is -0.883. The summed E-state index contributed by atoms with van der Waals surface area (Å²) in [5.74, 6) is -1.68. The van der Waals surface area contributed by atoms with Gasteiger partial charge in [-0.05, 0) is 41.0 Å². The number of amides is 2. The van der Waals surface area contributed by atoms with Crippen LogP contribution in [0.25, 0.3) is 11.1 Å². The fourth-order valence-electron chi connectivity index (χ4n) is 4.34. The van der Waals surface area contributed by atoms with Crippen LogP contribution in [0.4, 0.5) is 4.79 Å². The number of alkyl carbamates (subject to hydrolysis) is 1. The van der Waals surface area contributed by atoms with E-state index >= 15 is 0 Å². The lowest BCUT2D eigenvalue weighted by Gasteiger charge is -2.24. The van der Waals surface area contributed by atoms with Crippen LogP contribution in [-0.2, 0) is 14.3 Å². The van der Waals surface area contributed by atoms with Gasteiger partial charge >= 0.3 is 12.1 Å². The molecule has 2 aromatic carbocycles. The van der Waals surface area contributed by atoms with E-state index in [0.717, 1.165) is 22.3 Å². The van der Waals surface area contributed by atoms with Crippen LogP contribution >= 0.6 is 0 Å². The average Bonchev–Trinajstić information content (AvgIpc) is 3.13. The van der Waals surface area contributed by atoms with Crippen molar-refractivity contribution >= 4 is 18.0 Å². The van der Waals surface area contributed by atoms with Gasteiger partial charge in [0.05, 0.1) is 12.3 Å². The van der Waals surface area contributed by atoms with E-state index in [1.54, 1.807) is 13.8 Å². The van der Waals surface area contributed by atoms with Crippen molar-refractivity contribution < 1.29 is 24.2 Å². The Bertz CT molecular complexity index is 990. The number of fused-ring (bicyclic) bond motifs is 3. The van der Waals surface area contributed by atoms with E-state index in [1.807, 2.05) is 38.1 Å². The van der Waals surface area contributed by atoms with Crippen LogP contribution in [0.5, 0.6) is 0 Å². The molecule has 3 unspecified atom stereocenters. The van der Waals surface area contributed by atoms with E-state index in [2.05, 4.69) is 34.9 Å². The summed E-state index contributed by atoms with van der Waals surface area (Å²) < 4.78 is 5.57. The highest BCUT2D eigenvalue weighted by molar-refractivity contribution is 5.80. The first-order chi connectivity index (χ1) is 16.2. The molecule has 7 heteroatoms. The number of benzene rings is 2. The number of carbonyl (C=O) groups is 3. The van der Waals surface area contributed by atoms with Gasteiger partial charge in [0.25, 0.3) is 0 Å². The predicted octanol–water partition coefficient (Wildman–Crippen LogP) is 4.41. The van der Waals surface area contributed by atoms with Gasteiger partial charge in [0.15, 0.2) is 0 Å². The van der Waals surface area contributed by atoms with Gasteiger partial charge in [0, 0.05) is 18.5 Å². The molecule has 3 rings (SSSR count). The standard InChI is InChI=1S/C27H34N2O5/c1-16(2)19(13-25(30)31)14-28-26(32)17(3)18(4)29-27(33)34-15-24-22-11-7-5-9-20(22)21-10-6-8-12-23(21)24/h5-12,16-19,24H,13-15H2,1-4H3,(H,28,32)(H,29,33)(H,30,31). The molecular formula is C27H34N2O5. The second-order valence-electron chi connectivity index (χ2n) is 9.39. The van der Waals surface area contributed by atoms with Crippen molar-refractivity contribution in [3.8, 4) is 11.1 Å². The zero-order valence-electron chi connectivity index (χ0n) is 20.2. The Morgan fingerprint density at radius 1 is 0.941 bits per heavy atom. The van der Waals surface area contributed by atoms with E-state index < -0.39 is 24.0 Å². The Labute approximate surface area is 200 Å². The van der Waals surface area contributed by atoms with Gasteiger partial charge in [0.2, 0.25) is 5.91 Å². The van der Waals surface area contributed by atoms with E-state index in [1.165, 1.54) is 0 Å². The Hall–Kier alpha value is -3.35. The van der Waals surface area contributed by atoms with Crippen molar-refractivity contribution in [3.63, 3.8) is 0 Å². The highest BCUT2D eigenvalue weighted by Crippen LogP contribution is 2.44. The molecule has 3 atom stereocenters. The molecule has 1 aliphatic rings. The van der Waals surface area contributed by atoms with Crippen LogP contribution in [0.3, 0.4) is 0 Å². The monoisotopic (exact) mass is 466 g/mol. The molecule has 1 aliphatic carbocycles. The Balaban J connectivity index is 1.52. The molecule has 0 spiro atoms. The molecule has 0 fully saturated rings. The third kappa shape index (κ3) is 5.95. The van der Waals surface area contributed by atoms with Crippen LogP contribution in [0.15, 0.2) is 48.5 Å². The topological polar surface area (TPSA) is 105 Å². The molecule has 0 radical (unpaired) electrons. The molecule has 34 heavy (non-hydrogen) atoms. The molecule has 0 heterocycles. The van der Waals surface area contributed by atoms with Crippen molar-refractivity contribution in [2.75, 3.05) is 13.2 Å². The largest absolute Gasteiger partial charge is 0.481 e. The second-order valence-corrected chi connectivity index (χ2v) is 9.39. The van der Waals surface area contributed by atoms with E-state index in [4.69, 9.17) is 9.84 Å². The number of aliphatic carboxylic acids is 1. The average molecular weight is 467 g/mol. The zero-order chi connectivity index (χ0) is 24.8. The summed E-state index contributed by atoms with van der Waals surface area (Å²) in [5, 5.41) is 14.6. The van der Waals surface area contributed by atoms with Gasteiger partial charge < -0.3 is 20.5 Å². The van der Waals surface area contributed by atoms with Crippen molar-refractivity contribution in [1.82, 2.24) is 10.6 Å². The van der Waals surface area contributed by atoms with Gasteiger partial charge in [-0.1, -0.05) is 69.3 Å². The first-order valence-corrected chi connectivity index (χ1v) is 11.8. The van der Waals surface area contributed by atoms with Crippen LogP contribution < -0.4 is 10.6 Å². The second kappa shape index (κ2) is 11.2. The van der Waals surface area contributed by atoms with E-state index in [-0.39, 0.29) is 43.2 Å². The number of hydrogen-bond acceptors (Lipinski definition) is 4. The third-order valence-corrected chi connectivity index (χ3v) is 6.77. The molecular weight excluding hydrogens is 432 g/mol. The molecule has 0 aliphatic heterocycles. The van der Waals surface area contributed by atoms with Crippen LogP contribution in [0.2, 0.25) is 0 Å². The van der Waals surface area contributed by atoms with Gasteiger partial charge in [-0.3, -0.25) is 9.59 Å². The minimum absolute atomic E-state index is 0.000118. The Morgan fingerprint density at radius 3 is 2.03 bits per heavy atom. The summed E-state index contributed by atoms with van der Waals surface area (Å²) in [6.45, 7) is 7.84. The number of carboxylic acids is 1. The van der Waals surface area contributed by atoms with Crippen LogP contribution in [0, 0.1) is 17.8 Å². The van der Waals surface area contributed by atoms with E-state index in [9.17, 15) is 14.4 Å². The summed E-state index contributed by atoms with van der Waals surface area (Å²) in [5.41, 5.74) is 4.60. The maximum absolute atomic E-state index is 12.6. The molecule has 0 saturated carbocycles. The molecule has 0 saturated heterocycles. The maximum atomic E-state index is 12.6. The lowest BCUT2D eigenvalue weighted by atomic mass is 9.92. The highest BCUT2D eigenvalue weighted by atomic mass is 16.5. The molecule has 0 bridgehead atoms.